The van der Waals surface area contributed by atoms with E-state index in [0.717, 1.165) is 36.3 Å². The van der Waals surface area contributed by atoms with Crippen LogP contribution in [0.25, 0.3) is 0 Å². The van der Waals surface area contributed by atoms with E-state index >= 15 is 0 Å². The van der Waals surface area contributed by atoms with Gasteiger partial charge in [0, 0.05) is 10.6 Å². The summed E-state index contributed by atoms with van der Waals surface area (Å²) < 4.78 is 0. The number of rotatable bonds is 3. The largest absolute Gasteiger partial charge is 0.398 e. The summed E-state index contributed by atoms with van der Waals surface area (Å²) in [6, 6.07) is 5.64. The van der Waals surface area contributed by atoms with Crippen LogP contribution in [-0.2, 0) is 0 Å². The molecule has 0 amide bonds. The minimum atomic E-state index is -0.489. The third-order valence-corrected chi connectivity index (χ3v) is 4.86. The third kappa shape index (κ3) is 3.54. The molecule has 1 aromatic carbocycles. The smallest absolute Gasteiger partial charge is 0.0741 e. The summed E-state index contributed by atoms with van der Waals surface area (Å²) in [5, 5.41) is 11.0. The Morgan fingerprint density at radius 1 is 1.29 bits per heavy atom. The normalized spacial score (nSPS) is 19.2. The molecule has 0 atom stereocenters. The van der Waals surface area contributed by atoms with E-state index in [0.29, 0.717) is 10.7 Å². The zero-order chi connectivity index (χ0) is 12.3. The molecular weight excluding hydrogens is 254 g/mol. The highest BCUT2D eigenvalue weighted by atomic mass is 35.5. The summed E-state index contributed by atoms with van der Waals surface area (Å²) in [7, 11) is 0. The molecule has 3 N–H and O–H groups in total. The van der Waals surface area contributed by atoms with E-state index in [1.165, 1.54) is 6.42 Å². The van der Waals surface area contributed by atoms with Gasteiger partial charge in [-0.25, -0.2) is 0 Å². The molecule has 1 aliphatic carbocycles. The van der Waals surface area contributed by atoms with E-state index in [4.69, 9.17) is 17.3 Å². The van der Waals surface area contributed by atoms with Crippen molar-refractivity contribution >= 4 is 29.1 Å². The van der Waals surface area contributed by atoms with E-state index in [1.807, 2.05) is 18.2 Å². The Kier molecular flexibility index (Phi) is 4.23. The molecule has 0 aromatic heterocycles. The zero-order valence-electron chi connectivity index (χ0n) is 9.79. The van der Waals surface area contributed by atoms with E-state index < -0.39 is 5.60 Å². The van der Waals surface area contributed by atoms with E-state index in [-0.39, 0.29) is 0 Å². The molecule has 1 saturated carbocycles. The van der Waals surface area contributed by atoms with Crippen molar-refractivity contribution in [1.82, 2.24) is 0 Å². The maximum Gasteiger partial charge on any atom is 0.0741 e. The van der Waals surface area contributed by atoms with Gasteiger partial charge in [0.1, 0.15) is 0 Å². The van der Waals surface area contributed by atoms with Crippen LogP contribution >= 0.6 is 23.4 Å². The van der Waals surface area contributed by atoms with E-state index in [1.54, 1.807) is 11.8 Å². The first-order chi connectivity index (χ1) is 8.09. The summed E-state index contributed by atoms with van der Waals surface area (Å²) in [5.41, 5.74) is 5.78. The maximum absolute atomic E-state index is 10.4. The topological polar surface area (TPSA) is 46.2 Å². The van der Waals surface area contributed by atoms with Crippen LogP contribution in [0.4, 0.5) is 5.69 Å². The van der Waals surface area contributed by atoms with Gasteiger partial charge in [0.2, 0.25) is 0 Å². The molecule has 0 saturated heterocycles. The minimum absolute atomic E-state index is 0.489. The number of thioether (sulfide) groups is 1. The van der Waals surface area contributed by atoms with Gasteiger partial charge in [0.05, 0.1) is 16.3 Å². The Hall–Kier alpha value is -0.380. The predicted molar refractivity (Wildman–Crippen MR) is 74.6 cm³/mol. The second-order valence-electron chi connectivity index (χ2n) is 4.76. The van der Waals surface area contributed by atoms with Gasteiger partial charge in [-0.15, -0.1) is 11.8 Å². The molecule has 2 nitrogen and oxygen atoms in total. The zero-order valence-corrected chi connectivity index (χ0v) is 11.4. The lowest BCUT2D eigenvalue weighted by molar-refractivity contribution is 0.0273. The fourth-order valence-electron chi connectivity index (χ4n) is 2.17. The van der Waals surface area contributed by atoms with Gasteiger partial charge in [-0.3, -0.25) is 0 Å². The summed E-state index contributed by atoms with van der Waals surface area (Å²) in [5.74, 6) is 0.743. The molecule has 94 valence electrons. The monoisotopic (exact) mass is 271 g/mol. The number of halogens is 1. The lowest BCUT2D eigenvalue weighted by Gasteiger charge is -2.31. The second-order valence-corrected chi connectivity index (χ2v) is 6.21. The molecule has 17 heavy (non-hydrogen) atoms. The fraction of sp³-hybridized carbons (Fsp3) is 0.538. The van der Waals surface area contributed by atoms with Gasteiger partial charge in [-0.05, 0) is 31.0 Å². The van der Waals surface area contributed by atoms with Crippen LogP contribution in [0.3, 0.4) is 0 Å². The quantitative estimate of drug-likeness (QED) is 0.651. The molecule has 1 aliphatic rings. The minimum Gasteiger partial charge on any atom is -0.398 e. The molecule has 0 bridgehead atoms. The summed E-state index contributed by atoms with van der Waals surface area (Å²) in [6.07, 6.45) is 5.37. The van der Waals surface area contributed by atoms with Crippen LogP contribution in [0, 0.1) is 0 Å². The molecule has 0 unspecified atom stereocenters. The van der Waals surface area contributed by atoms with Gasteiger partial charge in [-0.2, -0.15) is 0 Å². The van der Waals surface area contributed by atoms with Crippen LogP contribution in [0.5, 0.6) is 0 Å². The second kappa shape index (κ2) is 5.51. The number of anilines is 1. The number of nitrogen functional groups attached to an aromatic ring is 1. The number of nitrogens with two attached hydrogens (primary N) is 1. The van der Waals surface area contributed by atoms with Gasteiger partial charge in [0.15, 0.2) is 0 Å². The Labute approximate surface area is 112 Å². The molecule has 1 aromatic rings. The average Bonchev–Trinajstić information content (AvgIpc) is 2.32. The lowest BCUT2D eigenvalue weighted by atomic mass is 9.86. The van der Waals surface area contributed by atoms with Gasteiger partial charge >= 0.3 is 0 Å². The molecule has 0 radical (unpaired) electrons. The fourth-order valence-corrected chi connectivity index (χ4v) is 3.50. The molecule has 0 spiro atoms. The summed E-state index contributed by atoms with van der Waals surface area (Å²) in [6.45, 7) is 0. The Morgan fingerprint density at radius 2 is 2.00 bits per heavy atom. The molecule has 0 heterocycles. The highest BCUT2D eigenvalue weighted by Gasteiger charge is 2.28. The van der Waals surface area contributed by atoms with Crippen LogP contribution in [-0.4, -0.2) is 16.5 Å². The van der Waals surface area contributed by atoms with Crippen molar-refractivity contribution in [2.75, 3.05) is 11.5 Å². The molecule has 4 heteroatoms. The van der Waals surface area contributed by atoms with Crippen molar-refractivity contribution in [3.8, 4) is 0 Å². The van der Waals surface area contributed by atoms with Crippen molar-refractivity contribution in [3.05, 3.63) is 23.2 Å². The molecule has 0 aliphatic heterocycles. The van der Waals surface area contributed by atoms with Crippen molar-refractivity contribution in [1.29, 1.82) is 0 Å². The summed E-state index contributed by atoms with van der Waals surface area (Å²) in [4.78, 5) is 1.07. The Bertz CT molecular complexity index is 391. The third-order valence-electron chi connectivity index (χ3n) is 3.26. The number of aliphatic hydroxyl groups is 1. The Morgan fingerprint density at radius 3 is 2.65 bits per heavy atom. The standard InChI is InChI=1S/C13H18ClNOS/c14-11-8-10(4-5-12(11)15)17-9-13(16)6-2-1-3-7-13/h4-5,8,16H,1-3,6-7,9,15H2. The predicted octanol–water partition coefficient (Wildman–Crippen LogP) is 3.71. The maximum atomic E-state index is 10.4. The van der Waals surface area contributed by atoms with Crippen molar-refractivity contribution in [2.45, 2.75) is 42.6 Å². The first kappa shape index (κ1) is 13.1. The van der Waals surface area contributed by atoms with Crippen LogP contribution in [0.1, 0.15) is 32.1 Å². The van der Waals surface area contributed by atoms with Gasteiger partial charge in [-0.1, -0.05) is 30.9 Å². The number of hydrogen-bond acceptors (Lipinski definition) is 3. The highest BCUT2D eigenvalue weighted by molar-refractivity contribution is 7.99. The number of benzene rings is 1. The average molecular weight is 272 g/mol. The van der Waals surface area contributed by atoms with Gasteiger partial charge < -0.3 is 10.8 Å². The first-order valence-corrected chi connectivity index (χ1v) is 7.36. The highest BCUT2D eigenvalue weighted by Crippen LogP contribution is 2.34. The number of hydrogen-bond donors (Lipinski definition) is 2. The summed E-state index contributed by atoms with van der Waals surface area (Å²) >= 11 is 7.63. The lowest BCUT2D eigenvalue weighted by Crippen LogP contribution is -2.33. The van der Waals surface area contributed by atoms with Crippen molar-refractivity contribution in [3.63, 3.8) is 0 Å². The molecule has 1 fully saturated rings. The van der Waals surface area contributed by atoms with E-state index in [2.05, 4.69) is 0 Å². The Balaban J connectivity index is 1.94. The van der Waals surface area contributed by atoms with Crippen LogP contribution in [0.15, 0.2) is 23.1 Å². The van der Waals surface area contributed by atoms with E-state index in [9.17, 15) is 5.11 Å². The molecule has 2 rings (SSSR count). The van der Waals surface area contributed by atoms with Crippen molar-refractivity contribution in [2.24, 2.45) is 0 Å². The van der Waals surface area contributed by atoms with Crippen molar-refractivity contribution < 1.29 is 5.11 Å². The SMILES string of the molecule is Nc1ccc(SCC2(O)CCCCC2)cc1Cl. The van der Waals surface area contributed by atoms with Gasteiger partial charge in [0.25, 0.3) is 0 Å². The first-order valence-electron chi connectivity index (χ1n) is 5.99. The van der Waals surface area contributed by atoms with Crippen LogP contribution in [0.2, 0.25) is 5.02 Å². The van der Waals surface area contributed by atoms with Crippen LogP contribution < -0.4 is 5.73 Å². The molecular formula is C13H18ClNOS.